The molecule has 2 rings (SSSR count). The second-order valence-electron chi connectivity index (χ2n) is 5.75. The summed E-state index contributed by atoms with van der Waals surface area (Å²) < 4.78 is 5.08. The molecule has 0 aliphatic heterocycles. The van der Waals surface area contributed by atoms with Crippen molar-refractivity contribution >= 4 is 39.4 Å². The first-order valence-electron chi connectivity index (χ1n) is 7.83. The molecule has 2 aromatic rings. The minimum atomic E-state index is -0.549. The van der Waals surface area contributed by atoms with E-state index in [0.717, 1.165) is 5.69 Å². The zero-order chi connectivity index (χ0) is 19.3. The largest absolute Gasteiger partial charge is 0.468 e. The highest BCUT2D eigenvalue weighted by Gasteiger charge is 2.19. The van der Waals surface area contributed by atoms with Gasteiger partial charge in [-0.3, -0.25) is 19.5 Å². The van der Waals surface area contributed by atoms with E-state index in [-0.39, 0.29) is 18.2 Å². The van der Waals surface area contributed by atoms with Crippen LogP contribution in [-0.4, -0.2) is 41.6 Å². The molecule has 0 aliphatic carbocycles. The van der Waals surface area contributed by atoms with Crippen LogP contribution in [0.1, 0.15) is 46.3 Å². The number of methoxy groups -OCH3 is 1. The first-order chi connectivity index (χ1) is 12.3. The minimum Gasteiger partial charge on any atom is -0.468 e. The number of nitrogens with zero attached hydrogens (tertiary/aromatic N) is 1. The molecule has 1 aromatic carbocycles. The fourth-order valence-corrected chi connectivity index (χ4v) is 2.95. The number of aromatic nitrogens is 2. The predicted octanol–water partition coefficient (Wildman–Crippen LogP) is 2.45. The van der Waals surface area contributed by atoms with Crippen molar-refractivity contribution in [2.45, 2.75) is 19.8 Å². The van der Waals surface area contributed by atoms with Crippen LogP contribution in [0.25, 0.3) is 0 Å². The standard InChI is InChI=1S/C17H19BrN4O4/c1-9(2)14-13(18)15(22-21-14)17(25)20-11-6-4-5-10(7-11)16(24)19-8-12(23)26-3/h4-7,9H,8H2,1-3H3,(H,19,24)(H,20,25)(H,21,22). The van der Waals surface area contributed by atoms with Gasteiger partial charge in [0.1, 0.15) is 6.54 Å². The SMILES string of the molecule is COC(=O)CNC(=O)c1cccc(NC(=O)c2n[nH]c(C(C)C)c2Br)c1. The third-order valence-electron chi connectivity index (χ3n) is 3.53. The lowest BCUT2D eigenvalue weighted by Crippen LogP contribution is -2.30. The quantitative estimate of drug-likeness (QED) is 0.618. The number of benzene rings is 1. The molecular formula is C17H19BrN4O4. The molecule has 1 aromatic heterocycles. The molecule has 0 unspecified atom stereocenters. The number of rotatable bonds is 6. The molecule has 0 radical (unpaired) electrons. The molecule has 0 saturated carbocycles. The normalized spacial score (nSPS) is 10.5. The number of H-pyrrole nitrogens is 1. The summed E-state index contributed by atoms with van der Waals surface area (Å²) in [6, 6.07) is 6.36. The van der Waals surface area contributed by atoms with Crippen LogP contribution in [0.3, 0.4) is 0 Å². The third kappa shape index (κ3) is 4.69. The number of anilines is 1. The number of amides is 2. The van der Waals surface area contributed by atoms with E-state index in [9.17, 15) is 14.4 Å². The summed E-state index contributed by atoms with van der Waals surface area (Å²) in [6.07, 6.45) is 0. The highest BCUT2D eigenvalue weighted by atomic mass is 79.9. The summed E-state index contributed by atoms with van der Waals surface area (Å²) in [5.41, 5.74) is 1.79. The first kappa shape index (κ1) is 19.6. The van der Waals surface area contributed by atoms with E-state index in [4.69, 9.17) is 0 Å². The maximum Gasteiger partial charge on any atom is 0.325 e. The summed E-state index contributed by atoms with van der Waals surface area (Å²) in [6.45, 7) is 3.73. The van der Waals surface area contributed by atoms with E-state index in [2.05, 4.69) is 41.5 Å². The van der Waals surface area contributed by atoms with Crippen molar-refractivity contribution in [2.75, 3.05) is 19.0 Å². The Labute approximate surface area is 158 Å². The molecule has 8 nitrogen and oxygen atoms in total. The van der Waals surface area contributed by atoms with Gasteiger partial charge >= 0.3 is 5.97 Å². The number of hydrogen-bond acceptors (Lipinski definition) is 5. The molecule has 0 atom stereocenters. The van der Waals surface area contributed by atoms with Crippen LogP contribution in [0.2, 0.25) is 0 Å². The molecule has 0 aliphatic rings. The maximum absolute atomic E-state index is 12.4. The van der Waals surface area contributed by atoms with Crippen molar-refractivity contribution in [3.05, 3.63) is 45.7 Å². The van der Waals surface area contributed by atoms with Crippen LogP contribution >= 0.6 is 15.9 Å². The van der Waals surface area contributed by atoms with Gasteiger partial charge in [-0.2, -0.15) is 5.10 Å². The van der Waals surface area contributed by atoms with E-state index in [1.807, 2.05) is 13.8 Å². The van der Waals surface area contributed by atoms with Crippen LogP contribution in [0.4, 0.5) is 5.69 Å². The van der Waals surface area contributed by atoms with Gasteiger partial charge in [-0.05, 0) is 40.0 Å². The van der Waals surface area contributed by atoms with Crippen LogP contribution in [0.15, 0.2) is 28.7 Å². The number of hydrogen-bond donors (Lipinski definition) is 3. The molecule has 1 heterocycles. The Morgan fingerprint density at radius 2 is 2.00 bits per heavy atom. The molecule has 0 bridgehead atoms. The molecule has 0 saturated heterocycles. The van der Waals surface area contributed by atoms with Gasteiger partial charge in [0.25, 0.3) is 11.8 Å². The summed E-state index contributed by atoms with van der Waals surface area (Å²) in [5.74, 6) is -1.23. The van der Waals surface area contributed by atoms with Gasteiger partial charge in [-0.15, -0.1) is 0 Å². The van der Waals surface area contributed by atoms with Gasteiger partial charge in [-0.1, -0.05) is 19.9 Å². The van der Waals surface area contributed by atoms with Crippen LogP contribution < -0.4 is 10.6 Å². The summed E-state index contributed by atoms with van der Waals surface area (Å²) in [7, 11) is 1.24. The molecule has 138 valence electrons. The zero-order valence-electron chi connectivity index (χ0n) is 14.6. The Morgan fingerprint density at radius 1 is 1.27 bits per heavy atom. The molecule has 2 amide bonds. The Morgan fingerprint density at radius 3 is 2.62 bits per heavy atom. The second-order valence-corrected chi connectivity index (χ2v) is 6.54. The van der Waals surface area contributed by atoms with Gasteiger partial charge in [0.2, 0.25) is 0 Å². The van der Waals surface area contributed by atoms with Crippen molar-refractivity contribution in [2.24, 2.45) is 0 Å². The van der Waals surface area contributed by atoms with Crippen molar-refractivity contribution < 1.29 is 19.1 Å². The van der Waals surface area contributed by atoms with Gasteiger partial charge in [0, 0.05) is 11.3 Å². The van der Waals surface area contributed by atoms with Crippen molar-refractivity contribution in [1.29, 1.82) is 0 Å². The molecule has 0 fully saturated rings. The smallest absolute Gasteiger partial charge is 0.325 e. The number of esters is 1. The van der Waals surface area contributed by atoms with Gasteiger partial charge < -0.3 is 15.4 Å². The lowest BCUT2D eigenvalue weighted by atomic mass is 10.1. The van der Waals surface area contributed by atoms with E-state index >= 15 is 0 Å². The molecular weight excluding hydrogens is 404 g/mol. The first-order valence-corrected chi connectivity index (χ1v) is 8.63. The fraction of sp³-hybridized carbons (Fsp3) is 0.294. The summed E-state index contributed by atoms with van der Waals surface area (Å²) >= 11 is 3.38. The Kier molecular flexibility index (Phi) is 6.51. The number of carbonyl (C=O) groups excluding carboxylic acids is 3. The lowest BCUT2D eigenvalue weighted by molar-refractivity contribution is -0.139. The molecule has 0 spiro atoms. The fourth-order valence-electron chi connectivity index (χ4n) is 2.13. The topological polar surface area (TPSA) is 113 Å². The van der Waals surface area contributed by atoms with Crippen LogP contribution in [0.5, 0.6) is 0 Å². The molecule has 3 N–H and O–H groups in total. The van der Waals surface area contributed by atoms with E-state index in [1.54, 1.807) is 18.2 Å². The number of aromatic amines is 1. The number of halogens is 1. The number of nitrogens with one attached hydrogen (secondary N) is 3. The Bertz CT molecular complexity index is 832. The average Bonchev–Trinajstić information content (AvgIpc) is 3.01. The molecule has 26 heavy (non-hydrogen) atoms. The number of carbonyl (C=O) groups is 3. The highest BCUT2D eigenvalue weighted by Crippen LogP contribution is 2.26. The predicted molar refractivity (Wildman–Crippen MR) is 99.1 cm³/mol. The summed E-state index contributed by atoms with van der Waals surface area (Å²) in [4.78, 5) is 35.6. The minimum absolute atomic E-state index is 0.181. The maximum atomic E-state index is 12.4. The summed E-state index contributed by atoms with van der Waals surface area (Å²) in [5, 5.41) is 12.0. The second kappa shape index (κ2) is 8.61. The number of ether oxygens (including phenoxy) is 1. The van der Waals surface area contributed by atoms with Gasteiger partial charge in [0.05, 0.1) is 17.3 Å². The molecule has 9 heteroatoms. The average molecular weight is 423 g/mol. The Balaban J connectivity index is 2.09. The van der Waals surface area contributed by atoms with Crippen LogP contribution in [0, 0.1) is 0 Å². The lowest BCUT2D eigenvalue weighted by Gasteiger charge is -2.07. The van der Waals surface area contributed by atoms with Crippen molar-refractivity contribution in [1.82, 2.24) is 15.5 Å². The zero-order valence-corrected chi connectivity index (χ0v) is 16.1. The van der Waals surface area contributed by atoms with E-state index < -0.39 is 17.8 Å². The van der Waals surface area contributed by atoms with Gasteiger partial charge in [-0.25, -0.2) is 0 Å². The van der Waals surface area contributed by atoms with Crippen molar-refractivity contribution in [3.8, 4) is 0 Å². The highest BCUT2D eigenvalue weighted by molar-refractivity contribution is 9.10. The third-order valence-corrected chi connectivity index (χ3v) is 4.33. The van der Waals surface area contributed by atoms with E-state index in [0.29, 0.717) is 15.7 Å². The van der Waals surface area contributed by atoms with Gasteiger partial charge in [0.15, 0.2) is 5.69 Å². The van der Waals surface area contributed by atoms with E-state index in [1.165, 1.54) is 13.2 Å². The van der Waals surface area contributed by atoms with Crippen molar-refractivity contribution in [3.63, 3.8) is 0 Å². The Hall–Kier alpha value is -2.68. The van der Waals surface area contributed by atoms with Crippen LogP contribution in [-0.2, 0) is 9.53 Å². The monoisotopic (exact) mass is 422 g/mol.